The van der Waals surface area contributed by atoms with Gasteiger partial charge in [0.15, 0.2) is 0 Å². The maximum atomic E-state index is 9.33. The van der Waals surface area contributed by atoms with Crippen LogP contribution in [0.2, 0.25) is 0 Å². The van der Waals surface area contributed by atoms with E-state index in [-0.39, 0.29) is 5.41 Å². The van der Waals surface area contributed by atoms with E-state index in [9.17, 15) is 5.26 Å². The minimum Gasteiger partial charge on any atom is -0.497 e. The van der Waals surface area contributed by atoms with E-state index in [4.69, 9.17) is 14.2 Å². The second-order valence-corrected chi connectivity index (χ2v) is 4.78. The number of nitrogens with zero attached hydrogens (tertiary/aromatic N) is 1. The van der Waals surface area contributed by atoms with Crippen LogP contribution in [0.25, 0.3) is 0 Å². The topological polar surface area (TPSA) is 51.5 Å². The van der Waals surface area contributed by atoms with Gasteiger partial charge in [0.25, 0.3) is 0 Å². The summed E-state index contributed by atoms with van der Waals surface area (Å²) in [5, 5.41) is 9.33. The van der Waals surface area contributed by atoms with Crippen molar-refractivity contribution < 1.29 is 14.2 Å². The minimum atomic E-state index is -0.273. The summed E-state index contributed by atoms with van der Waals surface area (Å²) in [5.74, 6) is 1.62. The van der Waals surface area contributed by atoms with Gasteiger partial charge in [-0.1, -0.05) is 0 Å². The zero-order valence-corrected chi connectivity index (χ0v) is 11.2. The van der Waals surface area contributed by atoms with Gasteiger partial charge in [-0.25, -0.2) is 0 Å². The van der Waals surface area contributed by atoms with E-state index in [1.54, 1.807) is 7.11 Å². The van der Waals surface area contributed by atoms with Crippen LogP contribution in [0.15, 0.2) is 24.3 Å². The average molecular weight is 261 g/mol. The molecule has 0 N–H and O–H groups in total. The summed E-state index contributed by atoms with van der Waals surface area (Å²) in [6.45, 7) is 1.91. The first-order chi connectivity index (χ1) is 9.28. The molecule has 1 aliphatic heterocycles. The van der Waals surface area contributed by atoms with Gasteiger partial charge < -0.3 is 14.2 Å². The number of rotatable bonds is 5. The Hall–Kier alpha value is -1.73. The van der Waals surface area contributed by atoms with Gasteiger partial charge in [0, 0.05) is 19.6 Å². The molecule has 0 bridgehead atoms. The molecule has 0 spiro atoms. The van der Waals surface area contributed by atoms with Crippen molar-refractivity contribution in [2.45, 2.75) is 19.3 Å². The summed E-state index contributed by atoms with van der Waals surface area (Å²) in [5.41, 5.74) is -0.273. The van der Waals surface area contributed by atoms with Crippen molar-refractivity contribution >= 4 is 0 Å². The number of nitriles is 1. The highest BCUT2D eigenvalue weighted by Gasteiger charge is 2.32. The Bertz CT molecular complexity index is 430. The van der Waals surface area contributed by atoms with E-state index in [0.29, 0.717) is 19.8 Å². The minimum absolute atomic E-state index is 0.273. The fourth-order valence-corrected chi connectivity index (χ4v) is 2.22. The third-order valence-corrected chi connectivity index (χ3v) is 3.60. The van der Waals surface area contributed by atoms with Gasteiger partial charge in [-0.15, -0.1) is 0 Å². The summed E-state index contributed by atoms with van der Waals surface area (Å²) >= 11 is 0. The molecule has 102 valence electrons. The summed E-state index contributed by atoms with van der Waals surface area (Å²) in [4.78, 5) is 0. The molecule has 1 aliphatic rings. The summed E-state index contributed by atoms with van der Waals surface area (Å²) in [6, 6.07) is 9.93. The van der Waals surface area contributed by atoms with Crippen molar-refractivity contribution in [2.75, 3.05) is 26.9 Å². The molecule has 0 amide bonds. The van der Waals surface area contributed by atoms with Crippen LogP contribution in [0, 0.1) is 16.7 Å². The van der Waals surface area contributed by atoms with Gasteiger partial charge in [0.05, 0.1) is 25.2 Å². The zero-order chi connectivity index (χ0) is 13.6. The van der Waals surface area contributed by atoms with Crippen LogP contribution >= 0.6 is 0 Å². The smallest absolute Gasteiger partial charge is 0.119 e. The second kappa shape index (κ2) is 6.44. The van der Waals surface area contributed by atoms with Gasteiger partial charge >= 0.3 is 0 Å². The molecule has 2 rings (SSSR count). The normalized spacial score (nSPS) is 17.5. The number of methoxy groups -OCH3 is 1. The first kappa shape index (κ1) is 13.7. The lowest BCUT2D eigenvalue weighted by Gasteiger charge is -2.30. The molecule has 1 aromatic carbocycles. The molecule has 0 unspecified atom stereocenters. The number of benzene rings is 1. The van der Waals surface area contributed by atoms with Crippen LogP contribution in [0.1, 0.15) is 19.3 Å². The van der Waals surface area contributed by atoms with E-state index >= 15 is 0 Å². The molecule has 4 heteroatoms. The zero-order valence-electron chi connectivity index (χ0n) is 11.2. The summed E-state index contributed by atoms with van der Waals surface area (Å²) in [6.07, 6.45) is 2.35. The van der Waals surface area contributed by atoms with Gasteiger partial charge in [0.2, 0.25) is 0 Å². The highest BCUT2D eigenvalue weighted by molar-refractivity contribution is 5.31. The van der Waals surface area contributed by atoms with E-state index < -0.39 is 0 Å². The van der Waals surface area contributed by atoms with Gasteiger partial charge in [-0.3, -0.25) is 0 Å². The first-order valence-electron chi connectivity index (χ1n) is 6.54. The SMILES string of the molecule is COc1ccc(OCCC2(C#N)CCOCC2)cc1. The largest absolute Gasteiger partial charge is 0.497 e. The van der Waals surface area contributed by atoms with Crippen LogP contribution in [-0.4, -0.2) is 26.9 Å². The number of hydrogen-bond donors (Lipinski definition) is 0. The summed E-state index contributed by atoms with van der Waals surface area (Å²) < 4.78 is 16.1. The molecule has 4 nitrogen and oxygen atoms in total. The van der Waals surface area contributed by atoms with Crippen molar-refractivity contribution in [3.8, 4) is 17.6 Å². The molecule has 0 radical (unpaired) electrons. The van der Waals surface area contributed by atoms with Crippen molar-refractivity contribution in [1.82, 2.24) is 0 Å². The van der Waals surface area contributed by atoms with Gasteiger partial charge in [-0.05, 0) is 37.1 Å². The Morgan fingerprint density at radius 3 is 2.42 bits per heavy atom. The predicted molar refractivity (Wildman–Crippen MR) is 71.2 cm³/mol. The Morgan fingerprint density at radius 2 is 1.84 bits per heavy atom. The van der Waals surface area contributed by atoms with Gasteiger partial charge in [-0.2, -0.15) is 5.26 Å². The fraction of sp³-hybridized carbons (Fsp3) is 0.533. The van der Waals surface area contributed by atoms with Crippen LogP contribution in [0.5, 0.6) is 11.5 Å². The lowest BCUT2D eigenvalue weighted by Crippen LogP contribution is -2.29. The van der Waals surface area contributed by atoms with E-state index in [1.165, 1.54) is 0 Å². The molecule has 0 aromatic heterocycles. The van der Waals surface area contributed by atoms with Crippen LogP contribution in [-0.2, 0) is 4.74 Å². The molecule has 0 aliphatic carbocycles. The number of hydrogen-bond acceptors (Lipinski definition) is 4. The Morgan fingerprint density at radius 1 is 1.21 bits per heavy atom. The molecule has 0 atom stereocenters. The van der Waals surface area contributed by atoms with E-state index in [1.807, 2.05) is 24.3 Å². The monoisotopic (exact) mass is 261 g/mol. The van der Waals surface area contributed by atoms with Crippen LogP contribution < -0.4 is 9.47 Å². The number of ether oxygens (including phenoxy) is 3. The summed E-state index contributed by atoms with van der Waals surface area (Å²) in [7, 11) is 1.64. The molecule has 1 heterocycles. The molecule has 0 saturated carbocycles. The van der Waals surface area contributed by atoms with Crippen LogP contribution in [0.4, 0.5) is 0 Å². The molecular formula is C15H19NO3. The molecule has 1 fully saturated rings. The predicted octanol–water partition coefficient (Wildman–Crippen LogP) is 2.78. The van der Waals surface area contributed by atoms with Gasteiger partial charge in [0.1, 0.15) is 11.5 Å². The van der Waals surface area contributed by atoms with Crippen molar-refractivity contribution in [2.24, 2.45) is 5.41 Å². The van der Waals surface area contributed by atoms with Crippen molar-refractivity contribution in [3.05, 3.63) is 24.3 Å². The second-order valence-electron chi connectivity index (χ2n) is 4.78. The Balaban J connectivity index is 1.83. The highest BCUT2D eigenvalue weighted by atomic mass is 16.5. The first-order valence-corrected chi connectivity index (χ1v) is 6.54. The standard InChI is InChI=1S/C15H19NO3/c1-17-13-2-4-14(5-3-13)19-11-8-15(12-16)6-9-18-10-7-15/h2-5H,6-11H2,1H3. The third-order valence-electron chi connectivity index (χ3n) is 3.60. The van der Waals surface area contributed by atoms with E-state index in [0.717, 1.165) is 30.8 Å². The average Bonchev–Trinajstić information content (AvgIpc) is 2.49. The highest BCUT2D eigenvalue weighted by Crippen LogP contribution is 2.33. The van der Waals surface area contributed by atoms with E-state index in [2.05, 4.69) is 6.07 Å². The maximum absolute atomic E-state index is 9.33. The van der Waals surface area contributed by atoms with Crippen LogP contribution in [0.3, 0.4) is 0 Å². The third kappa shape index (κ3) is 3.62. The maximum Gasteiger partial charge on any atom is 0.119 e. The quantitative estimate of drug-likeness (QED) is 0.817. The Kier molecular flexibility index (Phi) is 4.64. The fourth-order valence-electron chi connectivity index (χ4n) is 2.22. The molecular weight excluding hydrogens is 242 g/mol. The van der Waals surface area contributed by atoms with Crippen molar-refractivity contribution in [1.29, 1.82) is 5.26 Å². The Labute approximate surface area is 113 Å². The lowest BCUT2D eigenvalue weighted by molar-refractivity contribution is 0.0313. The molecule has 1 saturated heterocycles. The molecule has 1 aromatic rings. The van der Waals surface area contributed by atoms with Crippen molar-refractivity contribution in [3.63, 3.8) is 0 Å². The molecule has 19 heavy (non-hydrogen) atoms. The lowest BCUT2D eigenvalue weighted by atomic mass is 9.79.